The van der Waals surface area contributed by atoms with E-state index in [0.717, 1.165) is 22.4 Å². The molecule has 0 bridgehead atoms. The van der Waals surface area contributed by atoms with E-state index in [1.807, 2.05) is 20.2 Å². The van der Waals surface area contributed by atoms with Crippen LogP contribution in [0.25, 0.3) is 0 Å². The summed E-state index contributed by atoms with van der Waals surface area (Å²) in [7, 11) is 4.00. The van der Waals surface area contributed by atoms with E-state index < -0.39 is 0 Å². The van der Waals surface area contributed by atoms with Gasteiger partial charge >= 0.3 is 0 Å². The highest BCUT2D eigenvalue weighted by molar-refractivity contribution is 9.10. The Hall–Kier alpha value is -0.120. The molecule has 1 aromatic heterocycles. The Morgan fingerprint density at radius 1 is 1.69 bits per heavy atom. The van der Waals surface area contributed by atoms with Crippen LogP contribution in [0.1, 0.15) is 10.9 Å². The van der Waals surface area contributed by atoms with Gasteiger partial charge in [0.05, 0.1) is 6.07 Å². The number of likely N-dealkylation sites (N-methyl/N-ethyl adjacent to an activating group) is 1. The van der Waals surface area contributed by atoms with Crippen LogP contribution in [0.5, 0.6) is 0 Å². The van der Waals surface area contributed by atoms with E-state index in [4.69, 9.17) is 16.9 Å². The van der Waals surface area contributed by atoms with Crippen molar-refractivity contribution in [2.45, 2.75) is 6.04 Å². The van der Waals surface area contributed by atoms with Gasteiger partial charge in [0.25, 0.3) is 0 Å². The first-order chi connectivity index (χ1) is 7.54. The number of nitriles is 1. The molecule has 1 unspecified atom stereocenters. The van der Waals surface area contributed by atoms with Gasteiger partial charge < -0.3 is 4.90 Å². The van der Waals surface area contributed by atoms with Crippen molar-refractivity contribution in [2.24, 2.45) is 0 Å². The van der Waals surface area contributed by atoms with Crippen LogP contribution in [0.3, 0.4) is 0 Å². The second kappa shape index (κ2) is 6.58. The van der Waals surface area contributed by atoms with Crippen molar-refractivity contribution >= 4 is 38.9 Å². The molecule has 0 aliphatic rings. The van der Waals surface area contributed by atoms with E-state index in [0.29, 0.717) is 4.34 Å². The van der Waals surface area contributed by atoms with Gasteiger partial charge in [-0.1, -0.05) is 11.6 Å². The summed E-state index contributed by atoms with van der Waals surface area (Å²) in [5.41, 5.74) is 0. The minimum Gasteiger partial charge on any atom is -0.308 e. The molecule has 1 heterocycles. The van der Waals surface area contributed by atoms with E-state index in [-0.39, 0.29) is 6.04 Å². The molecule has 0 aliphatic heterocycles. The number of rotatable bonds is 5. The Morgan fingerprint density at radius 2 is 2.38 bits per heavy atom. The summed E-state index contributed by atoms with van der Waals surface area (Å²) in [5, 5.41) is 12.3. The Bertz CT molecular complexity index is 366. The highest BCUT2D eigenvalue weighted by Crippen LogP contribution is 2.34. The highest BCUT2D eigenvalue weighted by atomic mass is 79.9. The van der Waals surface area contributed by atoms with Crippen LogP contribution >= 0.6 is 38.9 Å². The summed E-state index contributed by atoms with van der Waals surface area (Å²) < 4.78 is 1.54. The SMILES string of the molecule is CN(C)CCNC(C#N)c1cc(Br)c(Cl)s1. The lowest BCUT2D eigenvalue weighted by atomic mass is 10.2. The normalized spacial score (nSPS) is 12.8. The summed E-state index contributed by atoms with van der Waals surface area (Å²) in [6.45, 7) is 1.68. The molecule has 6 heteroatoms. The van der Waals surface area contributed by atoms with Crippen LogP contribution < -0.4 is 5.32 Å². The maximum atomic E-state index is 9.07. The first kappa shape index (κ1) is 13.9. The summed E-state index contributed by atoms with van der Waals surface area (Å²) in [6, 6.07) is 3.84. The predicted octanol–water partition coefficient (Wildman–Crippen LogP) is 2.88. The van der Waals surface area contributed by atoms with Crippen LogP contribution in [0.15, 0.2) is 10.5 Å². The second-order valence-electron chi connectivity index (χ2n) is 3.59. The monoisotopic (exact) mass is 321 g/mol. The van der Waals surface area contributed by atoms with Gasteiger partial charge in [0.1, 0.15) is 10.4 Å². The first-order valence-electron chi connectivity index (χ1n) is 4.77. The Kier molecular flexibility index (Phi) is 5.73. The van der Waals surface area contributed by atoms with E-state index in [1.165, 1.54) is 11.3 Å². The van der Waals surface area contributed by atoms with E-state index in [2.05, 4.69) is 32.2 Å². The van der Waals surface area contributed by atoms with Crippen LogP contribution in [-0.4, -0.2) is 32.1 Å². The second-order valence-corrected chi connectivity index (χ2v) is 6.13. The fourth-order valence-corrected chi connectivity index (χ4v) is 2.90. The summed E-state index contributed by atoms with van der Waals surface area (Å²) in [5.74, 6) is 0. The van der Waals surface area contributed by atoms with Gasteiger partial charge in [0, 0.05) is 22.4 Å². The number of nitrogens with one attached hydrogen (secondary N) is 1. The average Bonchev–Trinajstić information content (AvgIpc) is 2.53. The molecule has 1 rings (SSSR count). The quantitative estimate of drug-likeness (QED) is 0.906. The molecule has 88 valence electrons. The molecule has 0 aliphatic carbocycles. The highest BCUT2D eigenvalue weighted by Gasteiger charge is 2.14. The van der Waals surface area contributed by atoms with Crippen molar-refractivity contribution in [1.29, 1.82) is 5.26 Å². The van der Waals surface area contributed by atoms with Gasteiger partial charge in [-0.25, -0.2) is 0 Å². The summed E-state index contributed by atoms with van der Waals surface area (Å²) in [4.78, 5) is 3.01. The fourth-order valence-electron chi connectivity index (χ4n) is 1.15. The third-order valence-electron chi connectivity index (χ3n) is 1.99. The molecule has 1 N–H and O–H groups in total. The molecule has 0 amide bonds. The maximum absolute atomic E-state index is 9.07. The van der Waals surface area contributed by atoms with Gasteiger partial charge in [-0.05, 0) is 36.1 Å². The molecule has 0 spiro atoms. The van der Waals surface area contributed by atoms with Crippen LogP contribution in [-0.2, 0) is 0 Å². The number of thiophene rings is 1. The first-order valence-corrected chi connectivity index (χ1v) is 6.75. The Balaban J connectivity index is 2.58. The molecular weight excluding hydrogens is 310 g/mol. The van der Waals surface area contributed by atoms with Crippen molar-refractivity contribution < 1.29 is 0 Å². The fraction of sp³-hybridized carbons (Fsp3) is 0.500. The van der Waals surface area contributed by atoms with Gasteiger partial charge in [0.15, 0.2) is 0 Å². The van der Waals surface area contributed by atoms with Crippen LogP contribution in [0.4, 0.5) is 0 Å². The van der Waals surface area contributed by atoms with Crippen molar-refractivity contribution in [3.8, 4) is 6.07 Å². The van der Waals surface area contributed by atoms with Gasteiger partial charge in [-0.15, -0.1) is 11.3 Å². The van der Waals surface area contributed by atoms with Crippen LogP contribution in [0, 0.1) is 11.3 Å². The number of halogens is 2. The zero-order valence-electron chi connectivity index (χ0n) is 9.13. The lowest BCUT2D eigenvalue weighted by Crippen LogP contribution is -2.28. The topological polar surface area (TPSA) is 39.1 Å². The lowest BCUT2D eigenvalue weighted by Gasteiger charge is -2.13. The molecule has 1 atom stereocenters. The number of hydrogen-bond donors (Lipinski definition) is 1. The third-order valence-corrected chi connectivity index (χ3v) is 4.52. The van der Waals surface area contributed by atoms with Crippen LogP contribution in [0.2, 0.25) is 4.34 Å². The van der Waals surface area contributed by atoms with Gasteiger partial charge in [-0.3, -0.25) is 5.32 Å². The molecule has 3 nitrogen and oxygen atoms in total. The maximum Gasteiger partial charge on any atom is 0.130 e. The molecule has 0 saturated heterocycles. The zero-order chi connectivity index (χ0) is 12.1. The van der Waals surface area contributed by atoms with Crippen molar-refractivity contribution in [2.75, 3.05) is 27.2 Å². The summed E-state index contributed by atoms with van der Waals surface area (Å²) in [6.07, 6.45) is 0. The summed E-state index contributed by atoms with van der Waals surface area (Å²) >= 11 is 10.7. The predicted molar refractivity (Wildman–Crippen MR) is 71.9 cm³/mol. The minimum atomic E-state index is -0.284. The smallest absolute Gasteiger partial charge is 0.130 e. The van der Waals surface area contributed by atoms with E-state index in [1.54, 1.807) is 0 Å². The molecule has 16 heavy (non-hydrogen) atoms. The zero-order valence-corrected chi connectivity index (χ0v) is 12.3. The van der Waals surface area contributed by atoms with Crippen molar-refractivity contribution in [3.63, 3.8) is 0 Å². The standard InChI is InChI=1S/C10H13BrClN3S/c1-15(2)4-3-14-8(6-13)9-5-7(11)10(12)16-9/h5,8,14H,3-4H2,1-2H3. The van der Waals surface area contributed by atoms with Gasteiger partial charge in [0.2, 0.25) is 0 Å². The minimum absolute atomic E-state index is 0.284. The molecule has 0 radical (unpaired) electrons. The molecule has 1 aromatic rings. The van der Waals surface area contributed by atoms with E-state index >= 15 is 0 Å². The molecular formula is C10H13BrClN3S. The lowest BCUT2D eigenvalue weighted by molar-refractivity contribution is 0.395. The van der Waals surface area contributed by atoms with Crippen molar-refractivity contribution in [3.05, 3.63) is 19.8 Å². The molecule has 0 aromatic carbocycles. The number of hydrogen-bond acceptors (Lipinski definition) is 4. The van der Waals surface area contributed by atoms with E-state index in [9.17, 15) is 0 Å². The van der Waals surface area contributed by atoms with Gasteiger partial charge in [-0.2, -0.15) is 5.26 Å². The Labute approximate surface area is 113 Å². The average molecular weight is 323 g/mol. The largest absolute Gasteiger partial charge is 0.308 e. The molecule has 0 saturated carbocycles. The third kappa shape index (κ3) is 4.04. The van der Waals surface area contributed by atoms with Crippen molar-refractivity contribution in [1.82, 2.24) is 10.2 Å². The Morgan fingerprint density at radius 3 is 2.81 bits per heavy atom. The molecule has 0 fully saturated rings. The number of nitrogens with zero attached hydrogens (tertiary/aromatic N) is 2.